The third kappa shape index (κ3) is 5.30. The molecule has 1 fully saturated rings. The van der Waals surface area contributed by atoms with Gasteiger partial charge in [0.1, 0.15) is 23.9 Å². The second-order valence-electron chi connectivity index (χ2n) is 8.89. The number of amides is 3. The third-order valence-electron chi connectivity index (χ3n) is 6.37. The van der Waals surface area contributed by atoms with E-state index in [0.29, 0.717) is 35.2 Å². The van der Waals surface area contributed by atoms with E-state index in [4.69, 9.17) is 14.2 Å². The maximum absolute atomic E-state index is 13.7. The minimum Gasteiger partial charge on any atom is -0.497 e. The SMILES string of the molecule is COc1ccc(OC)c(NC(=O)C2C(=O)N(c3ccccc3)N(c3ccc(OCc4ccccc4)cc3)C2=O)c1. The second-order valence-corrected chi connectivity index (χ2v) is 8.89. The van der Waals surface area contributed by atoms with E-state index in [-0.39, 0.29) is 5.69 Å². The molecule has 9 heteroatoms. The molecule has 1 aliphatic heterocycles. The Morgan fingerprint density at radius 3 is 1.90 bits per heavy atom. The molecule has 1 aliphatic rings. The Hall–Kier alpha value is -5.31. The van der Waals surface area contributed by atoms with Crippen LogP contribution in [-0.2, 0) is 21.0 Å². The third-order valence-corrected chi connectivity index (χ3v) is 6.37. The average molecular weight is 538 g/mol. The minimum absolute atomic E-state index is 0.275. The molecule has 1 heterocycles. The van der Waals surface area contributed by atoms with Gasteiger partial charge in [-0.2, -0.15) is 0 Å². The fourth-order valence-corrected chi connectivity index (χ4v) is 4.37. The Balaban J connectivity index is 1.42. The highest BCUT2D eigenvalue weighted by atomic mass is 16.5. The van der Waals surface area contributed by atoms with Crippen molar-refractivity contribution < 1.29 is 28.6 Å². The fraction of sp³-hybridized carbons (Fsp3) is 0.129. The van der Waals surface area contributed by atoms with E-state index in [1.54, 1.807) is 72.8 Å². The molecule has 1 saturated heterocycles. The number of nitrogens with zero attached hydrogens (tertiary/aromatic N) is 2. The molecule has 1 N–H and O–H groups in total. The molecular weight excluding hydrogens is 510 g/mol. The number of hydrogen-bond acceptors (Lipinski definition) is 6. The first-order chi connectivity index (χ1) is 19.5. The summed E-state index contributed by atoms with van der Waals surface area (Å²) in [6.45, 7) is 0.382. The summed E-state index contributed by atoms with van der Waals surface area (Å²) < 4.78 is 16.4. The number of para-hydroxylation sites is 1. The zero-order valence-electron chi connectivity index (χ0n) is 21.9. The predicted octanol–water partition coefficient (Wildman–Crippen LogP) is 4.83. The quantitative estimate of drug-likeness (QED) is 0.307. The number of methoxy groups -OCH3 is 2. The number of hydrazine groups is 1. The van der Waals surface area contributed by atoms with Crippen LogP contribution in [0.1, 0.15) is 5.56 Å². The number of anilines is 3. The van der Waals surface area contributed by atoms with Crippen LogP contribution in [0.3, 0.4) is 0 Å². The zero-order chi connectivity index (χ0) is 28.1. The van der Waals surface area contributed by atoms with Crippen molar-refractivity contribution in [2.45, 2.75) is 6.61 Å². The van der Waals surface area contributed by atoms with Gasteiger partial charge in [0.25, 0.3) is 11.8 Å². The standard InChI is InChI=1S/C31H27N3O6/c1-38-25-17-18-27(39-2)26(19-25)32-29(35)28-30(36)33(22-11-7-4-8-12-22)34(31(28)37)23-13-15-24(16-14-23)40-20-21-9-5-3-6-10-21/h3-19,28H,20H2,1-2H3,(H,32,35). The summed E-state index contributed by atoms with van der Waals surface area (Å²) in [6, 6.07) is 30.1. The van der Waals surface area contributed by atoms with Gasteiger partial charge < -0.3 is 19.5 Å². The molecule has 4 aromatic rings. The van der Waals surface area contributed by atoms with Gasteiger partial charge in [-0.3, -0.25) is 14.4 Å². The van der Waals surface area contributed by atoms with E-state index in [0.717, 1.165) is 5.56 Å². The summed E-state index contributed by atoms with van der Waals surface area (Å²) in [5.41, 5.74) is 2.14. The minimum atomic E-state index is -1.62. The molecule has 0 aliphatic carbocycles. The lowest BCUT2D eigenvalue weighted by Gasteiger charge is -2.27. The number of carbonyl (C=O) groups excluding carboxylic acids is 3. The van der Waals surface area contributed by atoms with Crippen LogP contribution in [0.15, 0.2) is 103 Å². The largest absolute Gasteiger partial charge is 0.497 e. The second kappa shape index (κ2) is 11.6. The lowest BCUT2D eigenvalue weighted by molar-refractivity contribution is -0.134. The van der Waals surface area contributed by atoms with Gasteiger partial charge in [0, 0.05) is 6.07 Å². The van der Waals surface area contributed by atoms with Gasteiger partial charge in [-0.05, 0) is 54.1 Å². The molecule has 4 aromatic carbocycles. The number of rotatable bonds is 9. The van der Waals surface area contributed by atoms with Crippen molar-refractivity contribution in [2.24, 2.45) is 5.92 Å². The first-order valence-corrected chi connectivity index (χ1v) is 12.5. The van der Waals surface area contributed by atoms with Crippen LogP contribution in [0.2, 0.25) is 0 Å². The summed E-state index contributed by atoms with van der Waals surface area (Å²) in [5.74, 6) is -2.35. The molecule has 3 amide bonds. The Morgan fingerprint density at radius 2 is 1.30 bits per heavy atom. The normalized spacial score (nSPS) is 14.7. The average Bonchev–Trinajstić information content (AvgIpc) is 3.26. The molecule has 202 valence electrons. The van der Waals surface area contributed by atoms with Crippen molar-refractivity contribution in [1.29, 1.82) is 0 Å². The van der Waals surface area contributed by atoms with Crippen molar-refractivity contribution in [3.8, 4) is 17.2 Å². The van der Waals surface area contributed by atoms with Crippen LogP contribution in [0.5, 0.6) is 17.2 Å². The highest BCUT2D eigenvalue weighted by Crippen LogP contribution is 2.35. The predicted molar refractivity (Wildman–Crippen MR) is 150 cm³/mol. The number of carbonyl (C=O) groups is 3. The lowest BCUT2D eigenvalue weighted by atomic mass is 10.1. The molecule has 1 unspecified atom stereocenters. The van der Waals surface area contributed by atoms with E-state index in [2.05, 4.69) is 5.32 Å². The first kappa shape index (κ1) is 26.3. The molecule has 0 radical (unpaired) electrons. The van der Waals surface area contributed by atoms with Crippen molar-refractivity contribution >= 4 is 34.8 Å². The van der Waals surface area contributed by atoms with Gasteiger partial charge in [-0.15, -0.1) is 0 Å². The highest BCUT2D eigenvalue weighted by molar-refractivity contribution is 6.34. The van der Waals surface area contributed by atoms with Gasteiger partial charge in [0.2, 0.25) is 5.91 Å². The Kier molecular flexibility index (Phi) is 7.63. The summed E-state index contributed by atoms with van der Waals surface area (Å²) in [7, 11) is 2.94. The summed E-state index contributed by atoms with van der Waals surface area (Å²) in [4.78, 5) is 40.8. The van der Waals surface area contributed by atoms with Gasteiger partial charge in [0.15, 0.2) is 5.92 Å². The van der Waals surface area contributed by atoms with Crippen LogP contribution < -0.4 is 29.5 Å². The fourth-order valence-electron chi connectivity index (χ4n) is 4.37. The number of nitrogens with one attached hydrogen (secondary N) is 1. The summed E-state index contributed by atoms with van der Waals surface area (Å²) in [5, 5.41) is 5.10. The summed E-state index contributed by atoms with van der Waals surface area (Å²) >= 11 is 0. The summed E-state index contributed by atoms with van der Waals surface area (Å²) in [6.07, 6.45) is 0. The molecule has 5 rings (SSSR count). The number of ether oxygens (including phenoxy) is 3. The van der Waals surface area contributed by atoms with E-state index >= 15 is 0 Å². The topological polar surface area (TPSA) is 97.4 Å². The van der Waals surface area contributed by atoms with Crippen LogP contribution in [-0.4, -0.2) is 31.9 Å². The number of hydrogen-bond donors (Lipinski definition) is 1. The first-order valence-electron chi connectivity index (χ1n) is 12.5. The zero-order valence-corrected chi connectivity index (χ0v) is 21.9. The molecular formula is C31H27N3O6. The van der Waals surface area contributed by atoms with Crippen molar-refractivity contribution in [2.75, 3.05) is 29.6 Å². The molecule has 9 nitrogen and oxygen atoms in total. The van der Waals surface area contributed by atoms with Gasteiger partial charge in [-0.1, -0.05) is 48.5 Å². The molecule has 1 atom stereocenters. The molecule has 0 spiro atoms. The maximum atomic E-state index is 13.7. The Labute approximate surface area is 231 Å². The maximum Gasteiger partial charge on any atom is 0.268 e. The van der Waals surface area contributed by atoms with E-state index < -0.39 is 23.6 Å². The lowest BCUT2D eigenvalue weighted by Crippen LogP contribution is -2.41. The van der Waals surface area contributed by atoms with E-state index in [1.165, 1.54) is 24.2 Å². The van der Waals surface area contributed by atoms with Gasteiger partial charge >= 0.3 is 0 Å². The monoisotopic (exact) mass is 537 g/mol. The highest BCUT2D eigenvalue weighted by Gasteiger charge is 2.51. The molecule has 0 bridgehead atoms. The van der Waals surface area contributed by atoms with Crippen LogP contribution >= 0.6 is 0 Å². The van der Waals surface area contributed by atoms with Crippen molar-refractivity contribution in [3.05, 3.63) is 109 Å². The van der Waals surface area contributed by atoms with Crippen LogP contribution in [0, 0.1) is 5.92 Å². The smallest absolute Gasteiger partial charge is 0.268 e. The van der Waals surface area contributed by atoms with Crippen LogP contribution in [0.4, 0.5) is 17.1 Å². The van der Waals surface area contributed by atoms with Gasteiger partial charge in [0.05, 0.1) is 31.3 Å². The van der Waals surface area contributed by atoms with Crippen molar-refractivity contribution in [1.82, 2.24) is 0 Å². The Bertz CT molecular complexity index is 1510. The molecule has 0 aromatic heterocycles. The van der Waals surface area contributed by atoms with E-state index in [1.807, 2.05) is 30.3 Å². The van der Waals surface area contributed by atoms with Gasteiger partial charge in [-0.25, -0.2) is 10.0 Å². The van der Waals surface area contributed by atoms with Crippen LogP contribution in [0.25, 0.3) is 0 Å². The number of benzene rings is 4. The molecule has 40 heavy (non-hydrogen) atoms. The molecule has 0 saturated carbocycles. The van der Waals surface area contributed by atoms with E-state index in [9.17, 15) is 14.4 Å². The Morgan fingerprint density at radius 1 is 0.725 bits per heavy atom. The van der Waals surface area contributed by atoms with Crippen molar-refractivity contribution in [3.63, 3.8) is 0 Å².